The average molecular weight is 464 g/mol. The van der Waals surface area contributed by atoms with Gasteiger partial charge in [0.15, 0.2) is 0 Å². The van der Waals surface area contributed by atoms with Crippen molar-refractivity contribution in [2.45, 2.75) is 41.5 Å². The van der Waals surface area contributed by atoms with E-state index in [4.69, 9.17) is 0 Å². The summed E-state index contributed by atoms with van der Waals surface area (Å²) < 4.78 is 3.65. The van der Waals surface area contributed by atoms with Crippen molar-refractivity contribution in [2.24, 2.45) is 11.8 Å². The van der Waals surface area contributed by atoms with Crippen LogP contribution in [0.3, 0.4) is 0 Å². The Morgan fingerprint density at radius 2 is 1.53 bits per heavy atom. The average Bonchev–Trinajstić information content (AvgIpc) is 2.62. The summed E-state index contributed by atoms with van der Waals surface area (Å²) >= 11 is -0.795. The molecule has 0 N–H and O–H groups in total. The fourth-order valence-corrected chi connectivity index (χ4v) is 8.92. The Bertz CT molecular complexity index is 481. The summed E-state index contributed by atoms with van der Waals surface area (Å²) in [4.78, 5) is 0. The van der Waals surface area contributed by atoms with Crippen LogP contribution in [0.15, 0.2) is 41.1 Å². The van der Waals surface area contributed by atoms with E-state index in [1.807, 2.05) is 6.66 Å². The first-order chi connectivity index (χ1) is 7.91. The quantitative estimate of drug-likeness (QED) is 0.452. The van der Waals surface area contributed by atoms with Gasteiger partial charge in [-0.3, -0.25) is 0 Å². The summed E-state index contributed by atoms with van der Waals surface area (Å²) in [6.45, 7) is 14.0. The summed E-state index contributed by atoms with van der Waals surface area (Å²) in [5.74, 6) is 1.44. The second-order valence-corrected chi connectivity index (χ2v) is 10.3. The molecule has 0 nitrogen and oxygen atoms in total. The van der Waals surface area contributed by atoms with Crippen LogP contribution in [0.25, 0.3) is 0 Å². The molecule has 0 aromatic heterocycles. The zero-order valence-electron chi connectivity index (χ0n) is 12.6. The molecule has 2 aliphatic rings. The van der Waals surface area contributed by atoms with E-state index >= 15 is 0 Å². The van der Waals surface area contributed by atoms with Gasteiger partial charge in [0, 0.05) is 0 Å². The van der Waals surface area contributed by atoms with Crippen LogP contribution < -0.4 is 24.8 Å². The van der Waals surface area contributed by atoms with Crippen molar-refractivity contribution in [1.82, 2.24) is 0 Å². The van der Waals surface area contributed by atoms with E-state index in [1.54, 1.807) is 16.7 Å². The van der Waals surface area contributed by atoms with E-state index < -0.39 is 22.9 Å². The largest absolute Gasteiger partial charge is 1.00 e. The van der Waals surface area contributed by atoms with E-state index in [2.05, 4.69) is 53.7 Å². The van der Waals surface area contributed by atoms with Crippen molar-refractivity contribution in [3.05, 3.63) is 41.1 Å². The molecule has 0 saturated heterocycles. The first kappa shape index (κ1) is 19.4. The second kappa shape index (κ2) is 7.43. The molecule has 2 unspecified atom stereocenters. The smallest absolute Gasteiger partial charge is 1.00 e. The van der Waals surface area contributed by atoms with Crippen LogP contribution in [0.4, 0.5) is 0 Å². The summed E-state index contributed by atoms with van der Waals surface area (Å²) in [5.41, 5.74) is 6.28. The van der Waals surface area contributed by atoms with Crippen molar-refractivity contribution < 1.29 is 47.7 Å². The molecule has 0 aromatic rings. The standard InChI is InChI=1S/2C8H11.2ClH.Hf/c2*1-6-4-7(2)8(3)5-6;;;/h4,8H,1-3H3;4,6H,1-3H3;2*1H;/q;;;;+2/p-2. The molecule has 2 aliphatic carbocycles. The predicted octanol–water partition coefficient (Wildman–Crippen LogP) is -1.18. The number of rotatable bonds is 2. The van der Waals surface area contributed by atoms with E-state index in [0.29, 0.717) is 5.92 Å². The SMILES string of the molecule is CC1=CC(C)[C]([Hf+2][C]2=C(C)C=C(C)C2C)=C1C.[Cl-].[Cl-]. The van der Waals surface area contributed by atoms with Gasteiger partial charge >= 0.3 is 117 Å². The van der Waals surface area contributed by atoms with Gasteiger partial charge in [-0.05, 0) is 0 Å². The van der Waals surface area contributed by atoms with Gasteiger partial charge in [-0.1, -0.05) is 0 Å². The van der Waals surface area contributed by atoms with E-state index in [0.717, 1.165) is 5.92 Å². The van der Waals surface area contributed by atoms with Gasteiger partial charge in [0.1, 0.15) is 0 Å². The van der Waals surface area contributed by atoms with Crippen LogP contribution in [0, 0.1) is 11.8 Å². The molecule has 2 atom stereocenters. The third-order valence-corrected chi connectivity index (χ3v) is 12.1. The summed E-state index contributed by atoms with van der Waals surface area (Å²) in [6, 6.07) is 0. The Morgan fingerprint density at radius 1 is 0.947 bits per heavy atom. The maximum atomic E-state index is 2.45. The molecule has 0 radical (unpaired) electrons. The van der Waals surface area contributed by atoms with Crippen LogP contribution in [-0.4, -0.2) is 0 Å². The fourth-order valence-electron chi connectivity index (χ4n) is 2.81. The van der Waals surface area contributed by atoms with Crippen LogP contribution >= 0.6 is 0 Å². The Balaban J connectivity index is 0.00000162. The normalized spacial score (nSPS) is 25.6. The Labute approximate surface area is 141 Å². The van der Waals surface area contributed by atoms with E-state index in [1.165, 1.54) is 5.57 Å². The Kier molecular flexibility index (Phi) is 7.59. The number of hydrogen-bond donors (Lipinski definition) is 0. The molecule has 2 rings (SSSR count). The second-order valence-electron chi connectivity index (χ2n) is 5.51. The Hall–Kier alpha value is 0.410. The van der Waals surface area contributed by atoms with Gasteiger partial charge in [0.2, 0.25) is 0 Å². The molecular weight excluding hydrogens is 442 g/mol. The third kappa shape index (κ3) is 3.74. The van der Waals surface area contributed by atoms with Gasteiger partial charge < -0.3 is 24.8 Å². The summed E-state index contributed by atoms with van der Waals surface area (Å²) in [5, 5.41) is 0. The van der Waals surface area contributed by atoms with Crippen molar-refractivity contribution in [3.63, 3.8) is 0 Å². The Morgan fingerprint density at radius 3 is 1.89 bits per heavy atom. The molecule has 104 valence electrons. The predicted molar refractivity (Wildman–Crippen MR) is 71.2 cm³/mol. The first-order valence-electron chi connectivity index (χ1n) is 6.47. The van der Waals surface area contributed by atoms with Crippen molar-refractivity contribution in [2.75, 3.05) is 0 Å². The van der Waals surface area contributed by atoms with Crippen LogP contribution in [-0.2, 0) is 22.9 Å². The van der Waals surface area contributed by atoms with Crippen molar-refractivity contribution >= 4 is 0 Å². The van der Waals surface area contributed by atoms with Crippen LogP contribution in [0.1, 0.15) is 41.5 Å². The molecule has 19 heavy (non-hydrogen) atoms. The summed E-state index contributed by atoms with van der Waals surface area (Å²) in [7, 11) is 0. The van der Waals surface area contributed by atoms with Gasteiger partial charge in [-0.15, -0.1) is 0 Å². The molecule has 0 aliphatic heterocycles. The molecule has 0 saturated carbocycles. The first-order valence-corrected chi connectivity index (χ1v) is 10.1. The third-order valence-electron chi connectivity index (χ3n) is 4.21. The van der Waals surface area contributed by atoms with Gasteiger partial charge in [0.05, 0.1) is 0 Å². The minimum atomic E-state index is -0.795. The minimum Gasteiger partial charge on any atom is -1.00 e. The number of halogens is 2. The van der Waals surface area contributed by atoms with E-state index in [9.17, 15) is 0 Å². The number of hydrogen-bond acceptors (Lipinski definition) is 0. The molecular formula is C16H22Cl2Hf. The molecule has 0 bridgehead atoms. The van der Waals surface area contributed by atoms with Gasteiger partial charge in [0.25, 0.3) is 0 Å². The maximum absolute atomic E-state index is 2.45. The molecule has 0 fully saturated rings. The molecule has 3 heteroatoms. The summed E-state index contributed by atoms with van der Waals surface area (Å²) in [6.07, 6.45) is 4.86. The zero-order valence-corrected chi connectivity index (χ0v) is 17.7. The molecule has 0 amide bonds. The fraction of sp³-hybridized carbons (Fsp3) is 0.500. The monoisotopic (exact) mass is 464 g/mol. The number of allylic oxidation sites excluding steroid dienone is 8. The van der Waals surface area contributed by atoms with Crippen molar-refractivity contribution in [1.29, 1.82) is 0 Å². The van der Waals surface area contributed by atoms with E-state index in [-0.39, 0.29) is 24.8 Å². The molecule has 0 aromatic carbocycles. The van der Waals surface area contributed by atoms with Crippen LogP contribution in [0.5, 0.6) is 0 Å². The topological polar surface area (TPSA) is 0 Å². The zero-order chi connectivity index (χ0) is 12.7. The maximum Gasteiger partial charge on any atom is -1.00 e. The van der Waals surface area contributed by atoms with Gasteiger partial charge in [-0.2, -0.15) is 0 Å². The van der Waals surface area contributed by atoms with Crippen molar-refractivity contribution in [3.8, 4) is 0 Å². The molecule has 0 spiro atoms. The van der Waals surface area contributed by atoms with Gasteiger partial charge in [-0.25, -0.2) is 0 Å². The minimum absolute atomic E-state index is 0. The van der Waals surface area contributed by atoms with Crippen LogP contribution in [0.2, 0.25) is 0 Å². The molecule has 0 heterocycles.